The van der Waals surface area contributed by atoms with Crippen LogP contribution in [-0.4, -0.2) is 5.91 Å². The number of amides is 1. The lowest BCUT2D eigenvalue weighted by Crippen LogP contribution is -2.08. The molecular weight excluding hydrogens is 361 g/mol. The van der Waals surface area contributed by atoms with Crippen LogP contribution in [0.2, 0.25) is 10.0 Å². The average Bonchev–Trinajstić information content (AvgIpc) is 2.41. The molecule has 2 rings (SSSR count). The van der Waals surface area contributed by atoms with E-state index in [4.69, 9.17) is 23.2 Å². The molecule has 2 aromatic carbocycles. The van der Waals surface area contributed by atoms with Crippen molar-refractivity contribution in [1.82, 2.24) is 0 Å². The van der Waals surface area contributed by atoms with E-state index in [0.29, 0.717) is 15.7 Å². The van der Waals surface area contributed by atoms with Crippen molar-refractivity contribution in [2.75, 3.05) is 5.32 Å². The maximum Gasteiger partial charge on any atom is 0.248 e. The van der Waals surface area contributed by atoms with Gasteiger partial charge in [-0.1, -0.05) is 35.3 Å². The van der Waals surface area contributed by atoms with Gasteiger partial charge in [0.15, 0.2) is 0 Å². The predicted octanol–water partition coefficient (Wildman–Crippen LogP) is 5.41. The molecule has 0 aliphatic rings. The fraction of sp³-hybridized carbons (Fsp3) is 0. The van der Waals surface area contributed by atoms with Gasteiger partial charge in [-0.3, -0.25) is 4.79 Å². The van der Waals surface area contributed by atoms with Crippen molar-refractivity contribution in [3.05, 3.63) is 68.6 Å². The Hall–Kier alpha value is -1.29. The highest BCUT2D eigenvalue weighted by atomic mass is 79.9. The summed E-state index contributed by atoms with van der Waals surface area (Å²) in [7, 11) is 0. The van der Waals surface area contributed by atoms with E-state index in [2.05, 4.69) is 21.2 Å². The fourth-order valence-electron chi connectivity index (χ4n) is 1.51. The quantitative estimate of drug-likeness (QED) is 0.719. The van der Waals surface area contributed by atoms with Crippen molar-refractivity contribution < 1.29 is 4.79 Å². The minimum absolute atomic E-state index is 0.219. The number of carbonyl (C=O) groups is 1. The Morgan fingerprint density at radius 1 is 1.05 bits per heavy atom. The van der Waals surface area contributed by atoms with Crippen molar-refractivity contribution in [1.29, 1.82) is 0 Å². The third-order valence-electron chi connectivity index (χ3n) is 2.49. The zero-order valence-electron chi connectivity index (χ0n) is 10.2. The van der Waals surface area contributed by atoms with Gasteiger partial charge in [0, 0.05) is 20.6 Å². The minimum Gasteiger partial charge on any atom is -0.321 e. The molecule has 0 unspecified atom stereocenters. The number of benzene rings is 2. The molecule has 2 aromatic rings. The van der Waals surface area contributed by atoms with Gasteiger partial charge in [0.1, 0.15) is 0 Å². The summed E-state index contributed by atoms with van der Waals surface area (Å²) in [5.74, 6) is -0.219. The summed E-state index contributed by atoms with van der Waals surface area (Å²) in [4.78, 5) is 11.8. The van der Waals surface area contributed by atoms with Crippen molar-refractivity contribution in [3.63, 3.8) is 0 Å². The lowest BCUT2D eigenvalue weighted by Gasteiger charge is -2.05. The largest absolute Gasteiger partial charge is 0.321 e. The molecule has 0 spiro atoms. The number of nitrogens with one attached hydrogen (secondary N) is 1. The molecule has 0 aliphatic carbocycles. The van der Waals surface area contributed by atoms with Gasteiger partial charge in [0.05, 0.1) is 5.69 Å². The molecule has 0 atom stereocenters. The maximum atomic E-state index is 11.8. The molecule has 1 N–H and O–H groups in total. The van der Waals surface area contributed by atoms with Crippen LogP contribution >= 0.6 is 39.1 Å². The summed E-state index contributed by atoms with van der Waals surface area (Å²) in [5.41, 5.74) is 1.57. The summed E-state index contributed by atoms with van der Waals surface area (Å²) in [5, 5.41) is 4.03. The molecule has 1 amide bonds. The molecule has 0 radical (unpaired) electrons. The topological polar surface area (TPSA) is 29.1 Å². The molecule has 0 aliphatic heterocycles. The number of hydrogen-bond acceptors (Lipinski definition) is 1. The first-order chi connectivity index (χ1) is 9.54. The van der Waals surface area contributed by atoms with Crippen molar-refractivity contribution in [3.8, 4) is 0 Å². The van der Waals surface area contributed by atoms with Crippen molar-refractivity contribution in [2.24, 2.45) is 0 Å². The fourth-order valence-corrected chi connectivity index (χ4v) is 2.42. The maximum absolute atomic E-state index is 11.8. The van der Waals surface area contributed by atoms with Gasteiger partial charge < -0.3 is 5.32 Å². The normalized spacial score (nSPS) is 10.8. The molecule has 0 bridgehead atoms. The lowest BCUT2D eigenvalue weighted by atomic mass is 10.2. The first kappa shape index (κ1) is 15.1. The minimum atomic E-state index is -0.219. The summed E-state index contributed by atoms with van der Waals surface area (Å²) < 4.78 is 0.734. The Morgan fingerprint density at radius 3 is 2.35 bits per heavy atom. The smallest absolute Gasteiger partial charge is 0.248 e. The SMILES string of the molecule is O=C(/C=C/c1ccc(Cl)cc1)Nc1ccc(Cl)cc1Br. The van der Waals surface area contributed by atoms with Gasteiger partial charge in [-0.05, 0) is 57.9 Å². The highest BCUT2D eigenvalue weighted by Crippen LogP contribution is 2.25. The van der Waals surface area contributed by atoms with Crippen LogP contribution in [0.3, 0.4) is 0 Å². The molecule has 0 fully saturated rings. The van der Waals surface area contributed by atoms with E-state index in [-0.39, 0.29) is 5.91 Å². The second kappa shape index (κ2) is 6.93. The average molecular weight is 371 g/mol. The van der Waals surface area contributed by atoms with Crippen LogP contribution < -0.4 is 5.32 Å². The molecule has 0 saturated carbocycles. The van der Waals surface area contributed by atoms with Gasteiger partial charge in [0.2, 0.25) is 5.91 Å². The summed E-state index contributed by atoms with van der Waals surface area (Å²) >= 11 is 15.0. The van der Waals surface area contributed by atoms with Crippen LogP contribution in [0.15, 0.2) is 53.0 Å². The van der Waals surface area contributed by atoms with E-state index < -0.39 is 0 Å². The number of halogens is 3. The van der Waals surface area contributed by atoms with Gasteiger partial charge in [-0.2, -0.15) is 0 Å². The van der Waals surface area contributed by atoms with Crippen molar-refractivity contribution >= 4 is 56.8 Å². The number of hydrogen-bond donors (Lipinski definition) is 1. The first-order valence-electron chi connectivity index (χ1n) is 5.74. The Balaban J connectivity index is 2.03. The zero-order chi connectivity index (χ0) is 14.5. The van der Waals surface area contributed by atoms with Crippen LogP contribution in [0.1, 0.15) is 5.56 Å². The van der Waals surface area contributed by atoms with Gasteiger partial charge in [-0.25, -0.2) is 0 Å². The molecule has 20 heavy (non-hydrogen) atoms. The second-order valence-electron chi connectivity index (χ2n) is 4.00. The van der Waals surface area contributed by atoms with Crippen molar-refractivity contribution in [2.45, 2.75) is 0 Å². The Bertz CT molecular complexity index is 653. The highest BCUT2D eigenvalue weighted by Gasteiger charge is 2.03. The lowest BCUT2D eigenvalue weighted by molar-refractivity contribution is -0.111. The van der Waals surface area contributed by atoms with E-state index in [0.717, 1.165) is 10.0 Å². The molecule has 0 saturated heterocycles. The molecule has 0 heterocycles. The third kappa shape index (κ3) is 4.37. The monoisotopic (exact) mass is 369 g/mol. The summed E-state index contributed by atoms with van der Waals surface area (Å²) in [6.45, 7) is 0. The Labute approximate surface area is 135 Å². The predicted molar refractivity (Wildman–Crippen MR) is 88.3 cm³/mol. The molecule has 102 valence electrons. The van der Waals surface area contributed by atoms with E-state index in [1.807, 2.05) is 12.1 Å². The summed E-state index contributed by atoms with van der Waals surface area (Å²) in [6.07, 6.45) is 3.18. The molecule has 2 nitrogen and oxygen atoms in total. The van der Waals surface area contributed by atoms with E-state index >= 15 is 0 Å². The van der Waals surface area contributed by atoms with Gasteiger partial charge in [0.25, 0.3) is 0 Å². The standard InChI is InChI=1S/C15H10BrCl2NO/c16-13-9-12(18)6-7-14(13)19-15(20)8-3-10-1-4-11(17)5-2-10/h1-9H,(H,19,20)/b8-3+. The number of rotatable bonds is 3. The first-order valence-corrected chi connectivity index (χ1v) is 7.29. The van der Waals surface area contributed by atoms with E-state index in [1.165, 1.54) is 6.08 Å². The number of anilines is 1. The zero-order valence-corrected chi connectivity index (χ0v) is 13.3. The van der Waals surface area contributed by atoms with Crippen LogP contribution in [0.5, 0.6) is 0 Å². The van der Waals surface area contributed by atoms with Crippen LogP contribution in [0.4, 0.5) is 5.69 Å². The van der Waals surface area contributed by atoms with E-state index in [1.54, 1.807) is 36.4 Å². The van der Waals surface area contributed by atoms with Crippen LogP contribution in [-0.2, 0) is 4.79 Å². The van der Waals surface area contributed by atoms with Crippen LogP contribution in [0, 0.1) is 0 Å². The van der Waals surface area contributed by atoms with E-state index in [9.17, 15) is 4.79 Å². The van der Waals surface area contributed by atoms with Gasteiger partial charge in [-0.15, -0.1) is 0 Å². The molecule has 0 aromatic heterocycles. The Kier molecular flexibility index (Phi) is 5.24. The highest BCUT2D eigenvalue weighted by molar-refractivity contribution is 9.10. The number of carbonyl (C=O) groups excluding carboxylic acids is 1. The van der Waals surface area contributed by atoms with Gasteiger partial charge >= 0.3 is 0 Å². The molecular formula is C15H10BrCl2NO. The second-order valence-corrected chi connectivity index (χ2v) is 5.73. The van der Waals surface area contributed by atoms with Crippen LogP contribution in [0.25, 0.3) is 6.08 Å². The third-order valence-corrected chi connectivity index (χ3v) is 3.63. The summed E-state index contributed by atoms with van der Waals surface area (Å²) in [6, 6.07) is 12.4. The Morgan fingerprint density at radius 2 is 1.70 bits per heavy atom. The molecule has 5 heteroatoms.